The number of carbonyl (C=O) groups excluding carboxylic acids is 2. The van der Waals surface area contributed by atoms with Crippen LogP contribution in [0.15, 0.2) is 82.7 Å². The predicted molar refractivity (Wildman–Crippen MR) is 143 cm³/mol. The minimum atomic E-state index is -4.07. The van der Waals surface area contributed by atoms with Crippen molar-refractivity contribution >= 4 is 54.6 Å². The summed E-state index contributed by atoms with van der Waals surface area (Å²) in [6.45, 7) is 3.72. The summed E-state index contributed by atoms with van der Waals surface area (Å²) in [5.41, 5.74) is 4.08. The highest BCUT2D eigenvalue weighted by Crippen LogP contribution is 2.44. The van der Waals surface area contributed by atoms with Crippen LogP contribution in [-0.4, -0.2) is 42.1 Å². The minimum absolute atomic E-state index is 0.0727. The van der Waals surface area contributed by atoms with E-state index in [0.29, 0.717) is 22.2 Å². The van der Waals surface area contributed by atoms with E-state index in [-0.39, 0.29) is 26.6 Å². The number of nitrogens with zero attached hydrogens (tertiary/aromatic N) is 1. The summed E-state index contributed by atoms with van der Waals surface area (Å²) in [6.07, 6.45) is 0. The molecule has 3 heterocycles. The number of para-hydroxylation sites is 2. The first kappa shape index (κ1) is 23.0. The molecule has 0 aliphatic carbocycles. The van der Waals surface area contributed by atoms with Gasteiger partial charge in [-0.25, -0.2) is 8.42 Å². The van der Waals surface area contributed by atoms with Gasteiger partial charge in [-0.15, -0.1) is 0 Å². The number of likely N-dealkylation sites (N-methyl/N-ethyl adjacent to an activating group) is 1. The Morgan fingerprint density at radius 2 is 1.19 bits per heavy atom. The highest BCUT2D eigenvalue weighted by molar-refractivity contribution is 7.91. The van der Waals surface area contributed by atoms with Crippen LogP contribution >= 0.6 is 0 Å². The Kier molecular flexibility index (Phi) is 5.00. The number of hydrogen-bond acceptors (Lipinski definition) is 4. The molecule has 2 N–H and O–H groups in total. The summed E-state index contributed by atoms with van der Waals surface area (Å²) in [5.74, 6) is -1.02. The lowest BCUT2D eigenvalue weighted by Gasteiger charge is -2.10. The predicted octanol–water partition coefficient (Wildman–Crippen LogP) is 5.01. The van der Waals surface area contributed by atoms with E-state index in [1.54, 1.807) is 48.5 Å². The zero-order valence-electron chi connectivity index (χ0n) is 20.4. The molecule has 1 aliphatic heterocycles. The molecule has 0 bridgehead atoms. The van der Waals surface area contributed by atoms with Gasteiger partial charge in [0.2, 0.25) is 9.84 Å². The molecule has 2 amide bonds. The van der Waals surface area contributed by atoms with Gasteiger partial charge < -0.3 is 9.97 Å². The van der Waals surface area contributed by atoms with E-state index in [2.05, 4.69) is 9.97 Å². The molecule has 6 rings (SSSR count). The lowest BCUT2D eigenvalue weighted by molar-refractivity contribution is -0.134. The van der Waals surface area contributed by atoms with Gasteiger partial charge in [0.15, 0.2) is 0 Å². The first-order chi connectivity index (χ1) is 17.7. The highest BCUT2D eigenvalue weighted by atomic mass is 32.2. The number of aromatic nitrogens is 2. The molecular formula is C29H23N3O4S. The first-order valence-electron chi connectivity index (χ1n) is 11.8. The van der Waals surface area contributed by atoms with E-state index >= 15 is 0 Å². The number of H-pyrrole nitrogens is 2. The molecule has 2 aromatic heterocycles. The van der Waals surface area contributed by atoms with Crippen molar-refractivity contribution in [3.05, 3.63) is 95.2 Å². The fourth-order valence-electron chi connectivity index (χ4n) is 5.11. The van der Waals surface area contributed by atoms with Crippen molar-refractivity contribution in [3.63, 3.8) is 0 Å². The van der Waals surface area contributed by atoms with Gasteiger partial charge >= 0.3 is 0 Å². The quantitative estimate of drug-likeness (QED) is 0.333. The molecule has 8 heteroatoms. The van der Waals surface area contributed by atoms with E-state index in [9.17, 15) is 18.0 Å². The molecule has 0 saturated carbocycles. The molecule has 0 unspecified atom stereocenters. The minimum Gasteiger partial charge on any atom is -0.358 e. The fourth-order valence-corrected chi connectivity index (χ4v) is 6.56. The summed E-state index contributed by atoms with van der Waals surface area (Å²) in [4.78, 5) is 34.8. The summed E-state index contributed by atoms with van der Waals surface area (Å²) in [6, 6.07) is 21.2. The van der Waals surface area contributed by atoms with Crippen molar-refractivity contribution in [2.75, 3.05) is 7.05 Å². The maximum absolute atomic E-state index is 14.0. The molecule has 0 saturated heterocycles. The summed E-state index contributed by atoms with van der Waals surface area (Å²) in [7, 11) is -2.65. The molecule has 0 fully saturated rings. The number of aryl methyl sites for hydroxylation is 2. The number of nitrogens with one attached hydrogen (secondary N) is 2. The van der Waals surface area contributed by atoms with Crippen LogP contribution in [0.5, 0.6) is 0 Å². The van der Waals surface area contributed by atoms with Crippen LogP contribution in [-0.2, 0) is 19.4 Å². The number of sulfone groups is 1. The van der Waals surface area contributed by atoms with E-state index < -0.39 is 21.7 Å². The zero-order chi connectivity index (χ0) is 26.1. The van der Waals surface area contributed by atoms with Crippen molar-refractivity contribution < 1.29 is 18.0 Å². The van der Waals surface area contributed by atoms with Gasteiger partial charge in [-0.1, -0.05) is 54.1 Å². The Morgan fingerprint density at radius 3 is 1.81 bits per heavy atom. The van der Waals surface area contributed by atoms with Gasteiger partial charge in [-0.3, -0.25) is 14.5 Å². The second-order valence-corrected chi connectivity index (χ2v) is 11.2. The summed E-state index contributed by atoms with van der Waals surface area (Å²) < 4.78 is 27.9. The maximum atomic E-state index is 14.0. The third-order valence-electron chi connectivity index (χ3n) is 6.95. The number of carbonyl (C=O) groups is 2. The van der Waals surface area contributed by atoms with Crippen molar-refractivity contribution in [2.24, 2.45) is 0 Å². The molecule has 184 valence electrons. The second kappa shape index (κ2) is 8.04. The lowest BCUT2D eigenvalue weighted by atomic mass is 9.94. The van der Waals surface area contributed by atoms with Crippen molar-refractivity contribution in [3.8, 4) is 0 Å². The standard InChI is InChI=1S/C29H23N3O4S/c1-16-12-14-18(15-13-16)37(35,36)27-24(20-9-5-7-11-22(20)31-27)26-25(28(33)32(3)29(26)34)23-17(2)30-21-10-6-4-8-19(21)23/h4-15,30-31H,1-3H3. The Morgan fingerprint density at radius 1 is 0.676 bits per heavy atom. The van der Waals surface area contributed by atoms with Gasteiger partial charge in [0.25, 0.3) is 11.8 Å². The largest absolute Gasteiger partial charge is 0.358 e. The molecule has 7 nitrogen and oxygen atoms in total. The van der Waals surface area contributed by atoms with Crippen LogP contribution in [0.4, 0.5) is 0 Å². The number of fused-ring (bicyclic) bond motifs is 2. The van der Waals surface area contributed by atoms with Crippen LogP contribution in [0, 0.1) is 13.8 Å². The van der Waals surface area contributed by atoms with Crippen LogP contribution < -0.4 is 0 Å². The Balaban J connectivity index is 1.75. The van der Waals surface area contributed by atoms with Gasteiger partial charge in [-0.05, 0) is 38.1 Å². The topological polar surface area (TPSA) is 103 Å². The molecule has 0 atom stereocenters. The average molecular weight is 510 g/mol. The highest BCUT2D eigenvalue weighted by Gasteiger charge is 2.42. The number of aromatic amines is 2. The Bertz CT molecular complexity index is 1910. The normalized spacial score (nSPS) is 14.5. The SMILES string of the molecule is Cc1ccc(S(=O)(=O)c2[nH]c3ccccc3c2C2=C(c3c(C)[nH]c4ccccc34)C(=O)N(C)C2=O)cc1. The molecule has 5 aromatic rings. The average Bonchev–Trinajstić information content (AvgIpc) is 3.50. The summed E-state index contributed by atoms with van der Waals surface area (Å²) in [5, 5.41) is 1.22. The fraction of sp³-hybridized carbons (Fsp3) is 0.103. The number of rotatable bonds is 4. The van der Waals surface area contributed by atoms with Gasteiger partial charge in [-0.2, -0.15) is 0 Å². The monoisotopic (exact) mass is 509 g/mol. The smallest absolute Gasteiger partial charge is 0.262 e. The number of imide groups is 1. The zero-order valence-corrected chi connectivity index (χ0v) is 21.2. The maximum Gasteiger partial charge on any atom is 0.262 e. The molecule has 0 spiro atoms. The van der Waals surface area contributed by atoms with E-state index in [1.165, 1.54) is 7.05 Å². The van der Waals surface area contributed by atoms with E-state index in [4.69, 9.17) is 0 Å². The van der Waals surface area contributed by atoms with Crippen molar-refractivity contribution in [1.29, 1.82) is 0 Å². The van der Waals surface area contributed by atoms with Crippen molar-refractivity contribution in [2.45, 2.75) is 23.8 Å². The molecule has 1 aliphatic rings. The van der Waals surface area contributed by atoms with Crippen molar-refractivity contribution in [1.82, 2.24) is 14.9 Å². The molecule has 37 heavy (non-hydrogen) atoms. The van der Waals surface area contributed by atoms with Gasteiger partial charge in [0, 0.05) is 45.7 Å². The van der Waals surface area contributed by atoms with Crippen LogP contribution in [0.25, 0.3) is 33.0 Å². The Hall–Kier alpha value is -4.43. The van der Waals surface area contributed by atoms with E-state index in [1.807, 2.05) is 38.1 Å². The third-order valence-corrected chi connectivity index (χ3v) is 8.69. The van der Waals surface area contributed by atoms with Crippen LogP contribution in [0.2, 0.25) is 0 Å². The number of benzene rings is 3. The lowest BCUT2D eigenvalue weighted by Crippen LogP contribution is -2.26. The van der Waals surface area contributed by atoms with Gasteiger partial charge in [0.1, 0.15) is 5.03 Å². The Labute approximate surface area is 213 Å². The van der Waals surface area contributed by atoms with E-state index in [0.717, 1.165) is 21.4 Å². The second-order valence-electron chi connectivity index (χ2n) is 9.28. The first-order valence-corrected chi connectivity index (χ1v) is 13.3. The number of hydrogen-bond donors (Lipinski definition) is 2. The molecule has 0 radical (unpaired) electrons. The van der Waals surface area contributed by atoms with Crippen LogP contribution in [0.3, 0.4) is 0 Å². The number of amides is 2. The molecular weight excluding hydrogens is 486 g/mol. The molecule has 3 aromatic carbocycles. The summed E-state index contributed by atoms with van der Waals surface area (Å²) >= 11 is 0. The third kappa shape index (κ3) is 3.29. The van der Waals surface area contributed by atoms with Gasteiger partial charge in [0.05, 0.1) is 16.0 Å². The van der Waals surface area contributed by atoms with Crippen LogP contribution in [0.1, 0.15) is 22.4 Å².